The molecule has 0 amide bonds. The van der Waals surface area contributed by atoms with Crippen LogP contribution in [0, 0.1) is 6.92 Å². The fourth-order valence-corrected chi connectivity index (χ4v) is 2.17. The summed E-state index contributed by atoms with van der Waals surface area (Å²) in [5.74, 6) is 0. The van der Waals surface area contributed by atoms with Crippen molar-refractivity contribution in [1.29, 1.82) is 0 Å². The van der Waals surface area contributed by atoms with E-state index in [9.17, 15) is 0 Å². The Balaban J connectivity index is 2.29. The molecular formula is C14H14N4. The van der Waals surface area contributed by atoms with Crippen LogP contribution < -0.4 is 0 Å². The number of aryl methyl sites for hydroxylation is 2. The standard InChI is InChI=1S/C14H14N4/c1-3-11-8-12(13-7-10(2)16-9-17-13)14-15-5-4-6-18(11)14/h4-9H,3H2,1-2H3. The zero-order chi connectivity index (χ0) is 12.5. The molecule has 0 N–H and O–H groups in total. The Bertz CT molecular complexity index is 700. The second-order valence-electron chi connectivity index (χ2n) is 4.26. The average Bonchev–Trinajstić information content (AvgIpc) is 2.77. The van der Waals surface area contributed by atoms with E-state index in [-0.39, 0.29) is 0 Å². The van der Waals surface area contributed by atoms with Crippen molar-refractivity contribution >= 4 is 5.65 Å². The Labute approximate surface area is 105 Å². The molecule has 0 aliphatic rings. The molecule has 3 heterocycles. The monoisotopic (exact) mass is 238 g/mol. The molecule has 0 aromatic carbocycles. The van der Waals surface area contributed by atoms with Crippen molar-refractivity contribution in [3.63, 3.8) is 0 Å². The van der Waals surface area contributed by atoms with Gasteiger partial charge in [-0.3, -0.25) is 0 Å². The van der Waals surface area contributed by atoms with Gasteiger partial charge in [-0.1, -0.05) is 6.92 Å². The van der Waals surface area contributed by atoms with E-state index < -0.39 is 0 Å². The quantitative estimate of drug-likeness (QED) is 0.689. The maximum Gasteiger partial charge on any atom is 0.146 e. The van der Waals surface area contributed by atoms with Crippen LogP contribution in [0.5, 0.6) is 0 Å². The largest absolute Gasteiger partial charge is 0.305 e. The smallest absolute Gasteiger partial charge is 0.146 e. The second kappa shape index (κ2) is 4.22. The first-order valence-corrected chi connectivity index (χ1v) is 6.03. The van der Waals surface area contributed by atoms with Gasteiger partial charge in [-0.15, -0.1) is 0 Å². The lowest BCUT2D eigenvalue weighted by atomic mass is 10.2. The molecule has 0 aliphatic heterocycles. The van der Waals surface area contributed by atoms with Crippen molar-refractivity contribution < 1.29 is 0 Å². The van der Waals surface area contributed by atoms with Crippen LogP contribution in [0.15, 0.2) is 36.9 Å². The number of hydrogen-bond acceptors (Lipinski definition) is 3. The zero-order valence-corrected chi connectivity index (χ0v) is 10.5. The third kappa shape index (κ3) is 1.66. The van der Waals surface area contributed by atoms with Gasteiger partial charge >= 0.3 is 0 Å². The van der Waals surface area contributed by atoms with E-state index in [1.807, 2.05) is 31.5 Å². The van der Waals surface area contributed by atoms with Crippen LogP contribution in [0.2, 0.25) is 0 Å². The summed E-state index contributed by atoms with van der Waals surface area (Å²) < 4.78 is 2.12. The molecule has 3 rings (SSSR count). The van der Waals surface area contributed by atoms with Crippen LogP contribution in [0.4, 0.5) is 0 Å². The highest BCUT2D eigenvalue weighted by Crippen LogP contribution is 2.25. The molecule has 90 valence electrons. The summed E-state index contributed by atoms with van der Waals surface area (Å²) in [5, 5.41) is 0. The zero-order valence-electron chi connectivity index (χ0n) is 10.5. The summed E-state index contributed by atoms with van der Waals surface area (Å²) in [5.41, 5.74) is 5.15. The van der Waals surface area contributed by atoms with E-state index in [0.29, 0.717) is 0 Å². The SMILES string of the molecule is CCc1cc(-c2cc(C)ncn2)c2ncccn12. The van der Waals surface area contributed by atoms with Crippen molar-refractivity contribution in [1.82, 2.24) is 19.4 Å². The third-order valence-corrected chi connectivity index (χ3v) is 3.05. The van der Waals surface area contributed by atoms with Gasteiger partial charge in [0.2, 0.25) is 0 Å². The van der Waals surface area contributed by atoms with Gasteiger partial charge < -0.3 is 4.40 Å². The van der Waals surface area contributed by atoms with Crippen molar-refractivity contribution in [3.8, 4) is 11.3 Å². The maximum atomic E-state index is 4.46. The molecule has 0 radical (unpaired) electrons. The molecule has 4 heteroatoms. The first kappa shape index (κ1) is 10.9. The van der Waals surface area contributed by atoms with Crippen LogP contribution in [0.3, 0.4) is 0 Å². The number of aromatic nitrogens is 4. The summed E-state index contributed by atoms with van der Waals surface area (Å²) >= 11 is 0. The van der Waals surface area contributed by atoms with E-state index in [2.05, 4.69) is 32.3 Å². The van der Waals surface area contributed by atoms with Crippen LogP contribution in [-0.4, -0.2) is 19.4 Å². The average molecular weight is 238 g/mol. The molecule has 0 spiro atoms. The van der Waals surface area contributed by atoms with E-state index in [0.717, 1.165) is 29.0 Å². The van der Waals surface area contributed by atoms with Gasteiger partial charge in [0.25, 0.3) is 0 Å². The van der Waals surface area contributed by atoms with Gasteiger partial charge in [0, 0.05) is 29.3 Å². The number of hydrogen-bond donors (Lipinski definition) is 0. The van der Waals surface area contributed by atoms with Gasteiger partial charge in [0.15, 0.2) is 0 Å². The van der Waals surface area contributed by atoms with Crippen LogP contribution in [0.25, 0.3) is 16.9 Å². The van der Waals surface area contributed by atoms with E-state index in [1.165, 1.54) is 5.69 Å². The highest BCUT2D eigenvalue weighted by molar-refractivity contribution is 5.76. The Kier molecular flexibility index (Phi) is 2.55. The minimum absolute atomic E-state index is 0.929. The molecule has 0 fully saturated rings. The van der Waals surface area contributed by atoms with Crippen molar-refractivity contribution in [2.24, 2.45) is 0 Å². The lowest BCUT2D eigenvalue weighted by Gasteiger charge is -2.00. The van der Waals surface area contributed by atoms with Gasteiger partial charge in [0.05, 0.1) is 5.69 Å². The lowest BCUT2D eigenvalue weighted by Crippen LogP contribution is -1.92. The Hall–Kier alpha value is -2.23. The molecule has 3 aromatic heterocycles. The predicted octanol–water partition coefficient (Wildman–Crippen LogP) is 2.66. The topological polar surface area (TPSA) is 43.1 Å². The van der Waals surface area contributed by atoms with Gasteiger partial charge in [0.1, 0.15) is 12.0 Å². The molecule has 0 atom stereocenters. The Morgan fingerprint density at radius 3 is 2.83 bits per heavy atom. The van der Waals surface area contributed by atoms with Gasteiger partial charge in [-0.2, -0.15) is 0 Å². The lowest BCUT2D eigenvalue weighted by molar-refractivity contribution is 0.979. The first-order chi connectivity index (χ1) is 8.79. The molecule has 0 unspecified atom stereocenters. The van der Waals surface area contributed by atoms with Crippen molar-refractivity contribution in [2.45, 2.75) is 20.3 Å². The van der Waals surface area contributed by atoms with Crippen LogP contribution in [0.1, 0.15) is 18.3 Å². The molecule has 0 bridgehead atoms. The summed E-state index contributed by atoms with van der Waals surface area (Å²) in [6.07, 6.45) is 6.42. The van der Waals surface area contributed by atoms with Crippen LogP contribution >= 0.6 is 0 Å². The molecule has 0 saturated heterocycles. The molecule has 0 aliphatic carbocycles. The summed E-state index contributed by atoms with van der Waals surface area (Å²) in [6, 6.07) is 6.09. The second-order valence-corrected chi connectivity index (χ2v) is 4.26. The Morgan fingerprint density at radius 2 is 2.06 bits per heavy atom. The maximum absolute atomic E-state index is 4.46. The van der Waals surface area contributed by atoms with Crippen LogP contribution in [-0.2, 0) is 6.42 Å². The van der Waals surface area contributed by atoms with E-state index >= 15 is 0 Å². The summed E-state index contributed by atoms with van der Waals surface area (Å²) in [4.78, 5) is 12.9. The number of nitrogens with zero attached hydrogens (tertiary/aromatic N) is 4. The van der Waals surface area contributed by atoms with E-state index in [4.69, 9.17) is 0 Å². The fourth-order valence-electron chi connectivity index (χ4n) is 2.17. The Morgan fingerprint density at radius 1 is 1.17 bits per heavy atom. The fraction of sp³-hybridized carbons (Fsp3) is 0.214. The highest BCUT2D eigenvalue weighted by Gasteiger charge is 2.11. The number of fused-ring (bicyclic) bond motifs is 1. The number of rotatable bonds is 2. The molecular weight excluding hydrogens is 224 g/mol. The molecule has 18 heavy (non-hydrogen) atoms. The summed E-state index contributed by atoms with van der Waals surface area (Å²) in [6.45, 7) is 4.11. The third-order valence-electron chi connectivity index (χ3n) is 3.05. The predicted molar refractivity (Wildman–Crippen MR) is 70.3 cm³/mol. The summed E-state index contributed by atoms with van der Waals surface area (Å²) in [7, 11) is 0. The first-order valence-electron chi connectivity index (χ1n) is 6.03. The van der Waals surface area contributed by atoms with E-state index in [1.54, 1.807) is 6.33 Å². The molecule has 0 saturated carbocycles. The minimum Gasteiger partial charge on any atom is -0.305 e. The molecule has 3 aromatic rings. The van der Waals surface area contributed by atoms with Crippen molar-refractivity contribution in [2.75, 3.05) is 0 Å². The normalized spacial score (nSPS) is 11.0. The van der Waals surface area contributed by atoms with Gasteiger partial charge in [-0.05, 0) is 31.5 Å². The van der Waals surface area contributed by atoms with Crippen molar-refractivity contribution in [3.05, 3.63) is 48.3 Å². The molecule has 4 nitrogen and oxygen atoms in total. The highest BCUT2D eigenvalue weighted by atomic mass is 15.0. The minimum atomic E-state index is 0.929. The van der Waals surface area contributed by atoms with Gasteiger partial charge in [-0.25, -0.2) is 15.0 Å².